The molecule has 0 fully saturated rings. The largest absolute Gasteiger partial charge is 0.490 e. The fourth-order valence-electron chi connectivity index (χ4n) is 2.12. The average molecular weight is 281 g/mol. The number of rotatable bonds is 9. The third-order valence-corrected chi connectivity index (χ3v) is 3.03. The van der Waals surface area contributed by atoms with Gasteiger partial charge < -0.3 is 19.9 Å². The van der Waals surface area contributed by atoms with Crippen LogP contribution < -0.4 is 10.1 Å². The summed E-state index contributed by atoms with van der Waals surface area (Å²) in [7, 11) is 0. The van der Waals surface area contributed by atoms with Crippen molar-refractivity contribution < 1.29 is 14.6 Å². The number of ether oxygens (including phenoxy) is 2. The van der Waals surface area contributed by atoms with E-state index in [1.54, 1.807) is 0 Å². The first kappa shape index (κ1) is 17.0. The predicted molar refractivity (Wildman–Crippen MR) is 81.3 cm³/mol. The highest BCUT2D eigenvalue weighted by Gasteiger charge is 2.10. The van der Waals surface area contributed by atoms with Crippen molar-refractivity contribution in [1.82, 2.24) is 5.32 Å². The van der Waals surface area contributed by atoms with Crippen LogP contribution in [0.4, 0.5) is 0 Å². The Morgan fingerprint density at radius 2 is 1.80 bits per heavy atom. The van der Waals surface area contributed by atoms with E-state index in [1.807, 2.05) is 20.8 Å². The Morgan fingerprint density at radius 1 is 1.15 bits per heavy atom. The Labute approximate surface area is 122 Å². The van der Waals surface area contributed by atoms with Crippen LogP contribution in [0.3, 0.4) is 0 Å². The highest BCUT2D eigenvalue weighted by atomic mass is 16.5. The fraction of sp³-hybridized carbons (Fsp3) is 0.625. The van der Waals surface area contributed by atoms with Crippen LogP contribution in [0.1, 0.15) is 30.5 Å². The maximum Gasteiger partial charge on any atom is 0.125 e. The molecule has 1 atom stereocenters. The second kappa shape index (κ2) is 8.95. The molecule has 1 aromatic carbocycles. The normalized spacial score (nSPS) is 12.4. The Hall–Kier alpha value is -1.10. The van der Waals surface area contributed by atoms with Crippen molar-refractivity contribution in [2.75, 3.05) is 26.4 Å². The van der Waals surface area contributed by atoms with Gasteiger partial charge in [0.15, 0.2) is 0 Å². The van der Waals surface area contributed by atoms with Gasteiger partial charge in [-0.05, 0) is 44.0 Å². The molecule has 1 rings (SSSR count). The van der Waals surface area contributed by atoms with Crippen LogP contribution in [-0.2, 0) is 11.3 Å². The Balaban J connectivity index is 2.61. The average Bonchev–Trinajstić information content (AvgIpc) is 2.41. The lowest BCUT2D eigenvalue weighted by molar-refractivity contribution is 0.0162. The fourth-order valence-corrected chi connectivity index (χ4v) is 2.12. The number of benzene rings is 1. The molecule has 2 N–H and O–H groups in total. The zero-order valence-corrected chi connectivity index (χ0v) is 13.0. The van der Waals surface area contributed by atoms with Crippen LogP contribution in [0.15, 0.2) is 12.1 Å². The Bertz CT molecular complexity index is 384. The van der Waals surface area contributed by atoms with Crippen LogP contribution in [0, 0.1) is 13.8 Å². The molecule has 0 aromatic heterocycles. The summed E-state index contributed by atoms with van der Waals surface area (Å²) in [6, 6.07) is 4.25. The lowest BCUT2D eigenvalue weighted by Gasteiger charge is -2.17. The van der Waals surface area contributed by atoms with Gasteiger partial charge in [0, 0.05) is 13.2 Å². The van der Waals surface area contributed by atoms with Crippen molar-refractivity contribution in [3.05, 3.63) is 28.8 Å². The summed E-state index contributed by atoms with van der Waals surface area (Å²) in [6.45, 7) is 11.1. The van der Waals surface area contributed by atoms with E-state index < -0.39 is 6.10 Å². The molecular formula is C16H27NO3. The van der Waals surface area contributed by atoms with E-state index in [0.717, 1.165) is 30.0 Å². The van der Waals surface area contributed by atoms with Gasteiger partial charge in [0.25, 0.3) is 0 Å². The highest BCUT2D eigenvalue weighted by Crippen LogP contribution is 2.25. The maximum absolute atomic E-state index is 9.73. The molecule has 0 saturated heterocycles. The molecule has 20 heavy (non-hydrogen) atoms. The van der Waals surface area contributed by atoms with Gasteiger partial charge in [-0.25, -0.2) is 0 Å². The van der Waals surface area contributed by atoms with Crippen LogP contribution in [-0.4, -0.2) is 37.6 Å². The Morgan fingerprint density at radius 3 is 2.35 bits per heavy atom. The SMILES string of the molecule is CCNCc1cc(C)c(OCC(O)COCC)c(C)c1. The zero-order chi connectivity index (χ0) is 15.0. The summed E-state index contributed by atoms with van der Waals surface area (Å²) in [6.07, 6.45) is -0.588. The molecule has 0 saturated carbocycles. The van der Waals surface area contributed by atoms with Gasteiger partial charge in [-0.1, -0.05) is 19.1 Å². The molecule has 0 aliphatic carbocycles. The Kier molecular flexibility index (Phi) is 7.59. The zero-order valence-electron chi connectivity index (χ0n) is 13.0. The van der Waals surface area contributed by atoms with Crippen LogP contribution in [0.25, 0.3) is 0 Å². The van der Waals surface area contributed by atoms with E-state index in [0.29, 0.717) is 13.2 Å². The molecule has 114 valence electrons. The second-order valence-corrected chi connectivity index (χ2v) is 4.96. The number of hydrogen-bond donors (Lipinski definition) is 2. The third-order valence-electron chi connectivity index (χ3n) is 3.03. The van der Waals surface area contributed by atoms with Crippen molar-refractivity contribution >= 4 is 0 Å². The maximum atomic E-state index is 9.73. The van der Waals surface area contributed by atoms with Crippen LogP contribution in [0.2, 0.25) is 0 Å². The minimum absolute atomic E-state index is 0.258. The van der Waals surface area contributed by atoms with Crippen molar-refractivity contribution in [2.24, 2.45) is 0 Å². The lowest BCUT2D eigenvalue weighted by atomic mass is 10.1. The molecule has 0 aliphatic heterocycles. The molecule has 0 spiro atoms. The molecule has 0 bridgehead atoms. The summed E-state index contributed by atoms with van der Waals surface area (Å²) >= 11 is 0. The molecule has 0 aliphatic rings. The molecule has 0 radical (unpaired) electrons. The molecule has 4 heteroatoms. The van der Waals surface area contributed by atoms with E-state index in [1.165, 1.54) is 5.56 Å². The van der Waals surface area contributed by atoms with Crippen LogP contribution in [0.5, 0.6) is 5.75 Å². The summed E-state index contributed by atoms with van der Waals surface area (Å²) in [5.41, 5.74) is 3.45. The number of aliphatic hydroxyl groups excluding tert-OH is 1. The number of hydrogen-bond acceptors (Lipinski definition) is 4. The van der Waals surface area contributed by atoms with Crippen molar-refractivity contribution in [1.29, 1.82) is 0 Å². The van der Waals surface area contributed by atoms with Gasteiger partial charge >= 0.3 is 0 Å². The minimum Gasteiger partial charge on any atom is -0.490 e. The first-order valence-electron chi connectivity index (χ1n) is 7.27. The molecule has 1 unspecified atom stereocenters. The van der Waals surface area contributed by atoms with E-state index in [4.69, 9.17) is 9.47 Å². The smallest absolute Gasteiger partial charge is 0.125 e. The predicted octanol–water partition coefficient (Wildman–Crippen LogP) is 2.19. The first-order valence-corrected chi connectivity index (χ1v) is 7.27. The third kappa shape index (κ3) is 5.49. The van der Waals surface area contributed by atoms with Gasteiger partial charge in [0.1, 0.15) is 18.5 Å². The van der Waals surface area contributed by atoms with Crippen molar-refractivity contribution in [3.8, 4) is 5.75 Å². The van der Waals surface area contributed by atoms with Gasteiger partial charge in [-0.15, -0.1) is 0 Å². The molecule has 1 aromatic rings. The van der Waals surface area contributed by atoms with Gasteiger partial charge in [-0.2, -0.15) is 0 Å². The van der Waals surface area contributed by atoms with Gasteiger partial charge in [-0.3, -0.25) is 0 Å². The van der Waals surface area contributed by atoms with E-state index in [9.17, 15) is 5.11 Å². The molecule has 0 heterocycles. The molecular weight excluding hydrogens is 254 g/mol. The second-order valence-electron chi connectivity index (χ2n) is 4.96. The van der Waals surface area contributed by atoms with Crippen molar-refractivity contribution in [2.45, 2.75) is 40.3 Å². The lowest BCUT2D eigenvalue weighted by Crippen LogP contribution is -2.24. The van der Waals surface area contributed by atoms with Gasteiger partial charge in [0.05, 0.1) is 6.61 Å². The highest BCUT2D eigenvalue weighted by molar-refractivity contribution is 5.43. The quantitative estimate of drug-likeness (QED) is 0.728. The summed E-state index contributed by atoms with van der Waals surface area (Å²) in [4.78, 5) is 0. The monoisotopic (exact) mass is 281 g/mol. The number of aryl methyl sites for hydroxylation is 2. The first-order chi connectivity index (χ1) is 9.58. The molecule has 4 nitrogen and oxygen atoms in total. The summed E-state index contributed by atoms with van der Waals surface area (Å²) in [5.74, 6) is 0.862. The summed E-state index contributed by atoms with van der Waals surface area (Å²) < 4.78 is 10.9. The number of nitrogens with one attached hydrogen (secondary N) is 1. The van der Waals surface area contributed by atoms with E-state index >= 15 is 0 Å². The van der Waals surface area contributed by atoms with Gasteiger partial charge in [0.2, 0.25) is 0 Å². The topological polar surface area (TPSA) is 50.7 Å². The summed E-state index contributed by atoms with van der Waals surface area (Å²) in [5, 5.41) is 13.0. The van der Waals surface area contributed by atoms with Crippen LogP contribution >= 0.6 is 0 Å². The number of aliphatic hydroxyl groups is 1. The molecule has 0 amide bonds. The van der Waals surface area contributed by atoms with E-state index in [-0.39, 0.29) is 6.61 Å². The minimum atomic E-state index is -0.588. The van der Waals surface area contributed by atoms with Crippen molar-refractivity contribution in [3.63, 3.8) is 0 Å². The standard InChI is InChI=1S/C16H27NO3/c1-5-17-9-14-7-12(3)16(13(4)8-14)20-11-15(18)10-19-6-2/h7-8,15,17-18H,5-6,9-11H2,1-4H3. The van der Waals surface area contributed by atoms with E-state index in [2.05, 4.69) is 24.4 Å².